The molecule has 3 heterocycles. The van der Waals surface area contributed by atoms with E-state index in [4.69, 9.17) is 0 Å². The van der Waals surface area contributed by atoms with E-state index >= 15 is 0 Å². The standard InChI is InChI=1S/C20H21N5O/c26-18(13-15-5-2-1-3-6-15)25-12-4-7-17(14-25)20-22-19(23-24-20)16-8-10-21-11-9-16/h1-3,5-6,8-11,17H,4,7,12-14H2,(H,22,23,24). The van der Waals surface area contributed by atoms with E-state index in [1.807, 2.05) is 47.4 Å². The van der Waals surface area contributed by atoms with Crippen molar-refractivity contribution >= 4 is 5.91 Å². The zero-order valence-corrected chi connectivity index (χ0v) is 14.5. The van der Waals surface area contributed by atoms with E-state index in [9.17, 15) is 4.79 Å². The molecule has 1 amide bonds. The van der Waals surface area contributed by atoms with Gasteiger partial charge in [-0.2, -0.15) is 5.10 Å². The van der Waals surface area contributed by atoms with E-state index in [-0.39, 0.29) is 11.8 Å². The van der Waals surface area contributed by atoms with Crippen LogP contribution in [-0.4, -0.2) is 44.1 Å². The van der Waals surface area contributed by atoms with E-state index in [0.717, 1.165) is 36.3 Å². The Kier molecular flexibility index (Phi) is 4.73. The molecule has 4 rings (SSSR count). The summed E-state index contributed by atoms with van der Waals surface area (Å²) in [5.41, 5.74) is 1.99. The second-order valence-electron chi connectivity index (χ2n) is 6.62. The molecule has 1 saturated heterocycles. The minimum absolute atomic E-state index is 0.176. The highest BCUT2D eigenvalue weighted by atomic mass is 16.2. The quantitative estimate of drug-likeness (QED) is 0.787. The number of pyridine rings is 1. The molecule has 1 N–H and O–H groups in total. The fourth-order valence-corrected chi connectivity index (χ4v) is 3.40. The van der Waals surface area contributed by atoms with Crippen LogP contribution in [0.5, 0.6) is 0 Å². The van der Waals surface area contributed by atoms with Gasteiger partial charge >= 0.3 is 0 Å². The Morgan fingerprint density at radius 1 is 1.15 bits per heavy atom. The highest BCUT2D eigenvalue weighted by molar-refractivity contribution is 5.79. The first-order valence-electron chi connectivity index (χ1n) is 8.94. The van der Waals surface area contributed by atoms with Crippen LogP contribution in [-0.2, 0) is 11.2 Å². The van der Waals surface area contributed by atoms with Crippen LogP contribution in [0, 0.1) is 0 Å². The van der Waals surface area contributed by atoms with E-state index in [0.29, 0.717) is 18.8 Å². The Morgan fingerprint density at radius 2 is 1.96 bits per heavy atom. The summed E-state index contributed by atoms with van der Waals surface area (Å²) in [5.74, 6) is 1.91. The number of hydrogen-bond acceptors (Lipinski definition) is 4. The lowest BCUT2D eigenvalue weighted by molar-refractivity contribution is -0.131. The Labute approximate surface area is 152 Å². The molecule has 0 saturated carbocycles. The van der Waals surface area contributed by atoms with Crippen molar-refractivity contribution < 1.29 is 4.79 Å². The van der Waals surface area contributed by atoms with Crippen LogP contribution >= 0.6 is 0 Å². The monoisotopic (exact) mass is 347 g/mol. The van der Waals surface area contributed by atoms with Crippen LogP contribution < -0.4 is 0 Å². The van der Waals surface area contributed by atoms with Crippen LogP contribution in [0.15, 0.2) is 54.9 Å². The molecule has 0 aliphatic carbocycles. The number of benzene rings is 1. The van der Waals surface area contributed by atoms with Crippen molar-refractivity contribution in [3.05, 3.63) is 66.2 Å². The van der Waals surface area contributed by atoms with E-state index in [2.05, 4.69) is 20.2 Å². The fourth-order valence-electron chi connectivity index (χ4n) is 3.40. The van der Waals surface area contributed by atoms with E-state index in [1.54, 1.807) is 12.4 Å². The smallest absolute Gasteiger partial charge is 0.227 e. The number of amides is 1. The topological polar surface area (TPSA) is 74.8 Å². The zero-order chi connectivity index (χ0) is 17.8. The average Bonchev–Trinajstić information content (AvgIpc) is 3.20. The molecule has 132 valence electrons. The zero-order valence-electron chi connectivity index (χ0n) is 14.5. The fraction of sp³-hybridized carbons (Fsp3) is 0.300. The molecule has 0 bridgehead atoms. The summed E-state index contributed by atoms with van der Waals surface area (Å²) in [6.45, 7) is 1.50. The first-order chi connectivity index (χ1) is 12.8. The summed E-state index contributed by atoms with van der Waals surface area (Å²) in [6.07, 6.45) is 5.91. The molecule has 6 heteroatoms. The van der Waals surface area contributed by atoms with Crippen LogP contribution in [0.3, 0.4) is 0 Å². The molecule has 1 atom stereocenters. The number of aromatic nitrogens is 4. The molecule has 2 aromatic heterocycles. The third-order valence-electron chi connectivity index (χ3n) is 4.80. The largest absolute Gasteiger partial charge is 0.342 e. The predicted octanol–water partition coefficient (Wildman–Crippen LogP) is 2.82. The lowest BCUT2D eigenvalue weighted by Crippen LogP contribution is -2.40. The normalized spacial score (nSPS) is 17.2. The minimum atomic E-state index is 0.176. The van der Waals surface area contributed by atoms with Gasteiger partial charge < -0.3 is 4.90 Å². The Hall–Kier alpha value is -3.02. The van der Waals surface area contributed by atoms with Crippen LogP contribution in [0.25, 0.3) is 11.4 Å². The van der Waals surface area contributed by atoms with E-state index in [1.165, 1.54) is 0 Å². The SMILES string of the molecule is O=C(Cc1ccccc1)N1CCCC(c2nc(-c3ccncc3)n[nH]2)C1. The predicted molar refractivity (Wildman–Crippen MR) is 98.3 cm³/mol. The molecule has 1 unspecified atom stereocenters. The Morgan fingerprint density at radius 3 is 2.77 bits per heavy atom. The van der Waals surface area contributed by atoms with Crippen molar-refractivity contribution in [2.75, 3.05) is 13.1 Å². The summed E-state index contributed by atoms with van der Waals surface area (Å²) in [5, 5.41) is 7.40. The highest BCUT2D eigenvalue weighted by Gasteiger charge is 2.27. The van der Waals surface area contributed by atoms with Gasteiger partial charge in [0.1, 0.15) is 5.82 Å². The molecule has 1 fully saturated rings. The maximum absolute atomic E-state index is 12.6. The lowest BCUT2D eigenvalue weighted by Gasteiger charge is -2.31. The number of nitrogens with one attached hydrogen (secondary N) is 1. The number of nitrogens with zero attached hydrogens (tertiary/aromatic N) is 4. The second kappa shape index (κ2) is 7.47. The van der Waals surface area contributed by atoms with Gasteiger partial charge in [-0.15, -0.1) is 0 Å². The third-order valence-corrected chi connectivity index (χ3v) is 4.80. The summed E-state index contributed by atoms with van der Waals surface area (Å²) >= 11 is 0. The van der Waals surface area contributed by atoms with Crippen molar-refractivity contribution in [1.29, 1.82) is 0 Å². The van der Waals surface area contributed by atoms with Gasteiger partial charge in [-0.25, -0.2) is 4.98 Å². The summed E-state index contributed by atoms with van der Waals surface area (Å²) < 4.78 is 0. The number of hydrogen-bond donors (Lipinski definition) is 1. The number of likely N-dealkylation sites (tertiary alicyclic amines) is 1. The number of rotatable bonds is 4. The maximum atomic E-state index is 12.6. The molecule has 3 aromatic rings. The number of carbonyl (C=O) groups is 1. The lowest BCUT2D eigenvalue weighted by atomic mass is 9.96. The molecule has 0 spiro atoms. The molecule has 26 heavy (non-hydrogen) atoms. The van der Waals surface area contributed by atoms with Crippen LogP contribution in [0.2, 0.25) is 0 Å². The van der Waals surface area contributed by atoms with Crippen molar-refractivity contribution in [3.63, 3.8) is 0 Å². The van der Waals surface area contributed by atoms with Gasteiger partial charge in [0.05, 0.1) is 6.42 Å². The second-order valence-corrected chi connectivity index (χ2v) is 6.62. The van der Waals surface area contributed by atoms with Gasteiger partial charge in [0.15, 0.2) is 5.82 Å². The average molecular weight is 347 g/mol. The molecular weight excluding hydrogens is 326 g/mol. The summed E-state index contributed by atoms with van der Waals surface area (Å²) in [4.78, 5) is 23.3. The van der Waals surface area contributed by atoms with Crippen LogP contribution in [0.1, 0.15) is 30.1 Å². The number of aromatic amines is 1. The number of carbonyl (C=O) groups excluding carboxylic acids is 1. The molecule has 6 nitrogen and oxygen atoms in total. The molecular formula is C20H21N5O. The highest BCUT2D eigenvalue weighted by Crippen LogP contribution is 2.26. The van der Waals surface area contributed by atoms with Crippen molar-refractivity contribution in [2.45, 2.75) is 25.2 Å². The van der Waals surface area contributed by atoms with Gasteiger partial charge in [-0.3, -0.25) is 14.9 Å². The van der Waals surface area contributed by atoms with Gasteiger partial charge in [-0.1, -0.05) is 30.3 Å². The van der Waals surface area contributed by atoms with E-state index < -0.39 is 0 Å². The first-order valence-corrected chi connectivity index (χ1v) is 8.94. The number of piperidine rings is 1. The summed E-state index contributed by atoms with van der Waals surface area (Å²) in [6, 6.07) is 13.7. The van der Waals surface area contributed by atoms with Gasteiger partial charge in [0.25, 0.3) is 0 Å². The Balaban J connectivity index is 1.44. The summed E-state index contributed by atoms with van der Waals surface area (Å²) in [7, 11) is 0. The van der Waals surface area contributed by atoms with Crippen molar-refractivity contribution in [3.8, 4) is 11.4 Å². The van der Waals surface area contributed by atoms with Gasteiger partial charge in [0, 0.05) is 37.0 Å². The molecule has 1 aliphatic heterocycles. The van der Waals surface area contributed by atoms with Crippen LogP contribution in [0.4, 0.5) is 0 Å². The van der Waals surface area contributed by atoms with Gasteiger partial charge in [-0.05, 0) is 30.5 Å². The van der Waals surface area contributed by atoms with Gasteiger partial charge in [0.2, 0.25) is 5.91 Å². The minimum Gasteiger partial charge on any atom is -0.342 e. The first kappa shape index (κ1) is 16.4. The molecule has 0 radical (unpaired) electrons. The number of H-pyrrole nitrogens is 1. The maximum Gasteiger partial charge on any atom is 0.227 e. The Bertz CT molecular complexity index is 862. The van der Waals surface area contributed by atoms with Crippen molar-refractivity contribution in [2.24, 2.45) is 0 Å². The molecule has 1 aromatic carbocycles. The third kappa shape index (κ3) is 3.64. The van der Waals surface area contributed by atoms with Crippen molar-refractivity contribution in [1.82, 2.24) is 25.1 Å². The molecule has 1 aliphatic rings.